The van der Waals surface area contributed by atoms with E-state index in [4.69, 9.17) is 15.2 Å². The van der Waals surface area contributed by atoms with Crippen LogP contribution in [0.15, 0.2) is 29.3 Å². The number of nitrogens with zero attached hydrogens (tertiary/aromatic N) is 1. The first kappa shape index (κ1) is 14.2. The lowest BCUT2D eigenvalue weighted by atomic mass is 9.87. The first-order valence-electron chi connectivity index (χ1n) is 7.61. The van der Waals surface area contributed by atoms with Gasteiger partial charge in [0.1, 0.15) is 5.75 Å². The van der Waals surface area contributed by atoms with Crippen LogP contribution in [0.3, 0.4) is 0 Å². The molecule has 2 fully saturated rings. The molecule has 2 heterocycles. The number of guanidine groups is 1. The third-order valence-electron chi connectivity index (χ3n) is 4.36. The second-order valence-corrected chi connectivity index (χ2v) is 5.78. The monoisotopic (exact) mass is 289 g/mol. The molecule has 0 spiro atoms. The minimum absolute atomic E-state index is 0.451. The predicted octanol–water partition coefficient (Wildman–Crippen LogP) is 2.38. The number of anilines is 1. The molecule has 3 N–H and O–H groups in total. The number of rotatable bonds is 5. The zero-order valence-electron chi connectivity index (χ0n) is 12.4. The summed E-state index contributed by atoms with van der Waals surface area (Å²) >= 11 is 0. The Hall–Kier alpha value is -1.75. The zero-order valence-corrected chi connectivity index (χ0v) is 12.4. The highest BCUT2D eigenvalue weighted by atomic mass is 16.5. The molecule has 2 saturated heterocycles. The van der Waals surface area contributed by atoms with Crippen molar-refractivity contribution in [2.24, 2.45) is 16.6 Å². The average Bonchev–Trinajstić information content (AvgIpc) is 3.10. The summed E-state index contributed by atoms with van der Waals surface area (Å²) < 4.78 is 11.0. The van der Waals surface area contributed by atoms with E-state index in [9.17, 15) is 0 Å². The van der Waals surface area contributed by atoms with Crippen molar-refractivity contribution in [1.29, 1.82) is 0 Å². The van der Waals surface area contributed by atoms with Gasteiger partial charge >= 0.3 is 0 Å². The number of benzene rings is 1. The van der Waals surface area contributed by atoms with Crippen LogP contribution >= 0.6 is 0 Å². The normalized spacial score (nSPS) is 27.9. The fourth-order valence-corrected chi connectivity index (χ4v) is 3.29. The maximum Gasteiger partial charge on any atom is 0.193 e. The van der Waals surface area contributed by atoms with E-state index in [2.05, 4.69) is 10.3 Å². The summed E-state index contributed by atoms with van der Waals surface area (Å²) in [7, 11) is 1.65. The number of fused-ring (bicyclic) bond motifs is 2. The lowest BCUT2D eigenvalue weighted by Crippen LogP contribution is -2.24. The van der Waals surface area contributed by atoms with Gasteiger partial charge in [-0.25, -0.2) is 0 Å². The molecule has 21 heavy (non-hydrogen) atoms. The van der Waals surface area contributed by atoms with Crippen LogP contribution < -0.4 is 15.8 Å². The molecule has 114 valence electrons. The van der Waals surface area contributed by atoms with Crippen molar-refractivity contribution in [2.75, 3.05) is 19.0 Å². The fourth-order valence-electron chi connectivity index (χ4n) is 3.29. The molecule has 5 nitrogen and oxygen atoms in total. The number of hydrogen-bond acceptors (Lipinski definition) is 3. The molecule has 3 rings (SSSR count). The largest absolute Gasteiger partial charge is 0.497 e. The molecule has 0 radical (unpaired) electrons. The minimum Gasteiger partial charge on any atom is -0.497 e. The average molecular weight is 289 g/mol. The predicted molar refractivity (Wildman–Crippen MR) is 83.7 cm³/mol. The van der Waals surface area contributed by atoms with Gasteiger partial charge in [0.25, 0.3) is 0 Å². The van der Waals surface area contributed by atoms with Crippen LogP contribution in [0, 0.1) is 5.92 Å². The minimum atomic E-state index is 0.451. The van der Waals surface area contributed by atoms with Crippen LogP contribution in [0.4, 0.5) is 5.69 Å². The Bertz CT molecular complexity index is 518. The lowest BCUT2D eigenvalue weighted by Gasteiger charge is -2.17. The Morgan fingerprint density at radius 2 is 2.38 bits per heavy atom. The van der Waals surface area contributed by atoms with Gasteiger partial charge in [-0.15, -0.1) is 0 Å². The molecule has 0 aliphatic carbocycles. The van der Waals surface area contributed by atoms with Crippen molar-refractivity contribution in [3.8, 4) is 5.75 Å². The maximum atomic E-state index is 5.92. The van der Waals surface area contributed by atoms with E-state index in [0.29, 0.717) is 24.1 Å². The van der Waals surface area contributed by atoms with Gasteiger partial charge in [-0.1, -0.05) is 6.07 Å². The molecule has 1 aromatic carbocycles. The first-order chi connectivity index (χ1) is 10.2. The van der Waals surface area contributed by atoms with Crippen LogP contribution in [0.5, 0.6) is 5.75 Å². The molecule has 3 atom stereocenters. The topological polar surface area (TPSA) is 68.9 Å². The van der Waals surface area contributed by atoms with Crippen LogP contribution in [0.1, 0.15) is 25.7 Å². The third kappa shape index (κ3) is 3.47. The van der Waals surface area contributed by atoms with Gasteiger partial charge in [0.15, 0.2) is 5.96 Å². The van der Waals surface area contributed by atoms with Gasteiger partial charge in [0.05, 0.1) is 19.3 Å². The van der Waals surface area contributed by atoms with E-state index < -0.39 is 0 Å². The smallest absolute Gasteiger partial charge is 0.193 e. The molecule has 0 amide bonds. The van der Waals surface area contributed by atoms with E-state index in [1.54, 1.807) is 7.11 Å². The van der Waals surface area contributed by atoms with Crippen LogP contribution in [0.2, 0.25) is 0 Å². The standard InChI is InChI=1S/C16H23N3O2/c1-20-13-4-2-3-12(10-13)19-16(17)18-8-7-11-9-14-5-6-15(11)21-14/h2-4,10-11,14-15H,5-9H2,1H3,(H3,17,18,19). The first-order valence-corrected chi connectivity index (χ1v) is 7.61. The zero-order chi connectivity index (χ0) is 14.7. The van der Waals surface area contributed by atoms with E-state index in [0.717, 1.165) is 24.4 Å². The van der Waals surface area contributed by atoms with E-state index in [1.807, 2.05) is 24.3 Å². The summed E-state index contributed by atoms with van der Waals surface area (Å²) in [6.07, 6.45) is 5.69. The number of ether oxygens (including phenoxy) is 2. The van der Waals surface area contributed by atoms with Crippen molar-refractivity contribution in [1.82, 2.24) is 0 Å². The highest BCUT2D eigenvalue weighted by Gasteiger charge is 2.39. The highest BCUT2D eigenvalue weighted by Crippen LogP contribution is 2.40. The maximum absolute atomic E-state index is 5.92. The molecule has 2 aliphatic heterocycles. The van der Waals surface area contributed by atoms with Crippen molar-refractivity contribution in [3.63, 3.8) is 0 Å². The Morgan fingerprint density at radius 3 is 3.10 bits per heavy atom. The summed E-state index contributed by atoms with van der Waals surface area (Å²) in [5, 5.41) is 3.09. The summed E-state index contributed by atoms with van der Waals surface area (Å²) in [5.74, 6) is 1.91. The Morgan fingerprint density at radius 1 is 1.48 bits per heavy atom. The van der Waals surface area contributed by atoms with Gasteiger partial charge in [-0.05, 0) is 43.7 Å². The molecular formula is C16H23N3O2. The lowest BCUT2D eigenvalue weighted by molar-refractivity contribution is 0.0917. The van der Waals surface area contributed by atoms with Crippen LogP contribution in [0.25, 0.3) is 0 Å². The summed E-state index contributed by atoms with van der Waals surface area (Å²) in [5.41, 5.74) is 6.81. The van der Waals surface area contributed by atoms with E-state index in [1.165, 1.54) is 19.3 Å². The van der Waals surface area contributed by atoms with Crippen molar-refractivity contribution in [2.45, 2.75) is 37.9 Å². The Labute approximate surface area is 125 Å². The molecule has 0 saturated carbocycles. The molecule has 3 unspecified atom stereocenters. The molecular weight excluding hydrogens is 266 g/mol. The number of nitrogens with one attached hydrogen (secondary N) is 1. The fraction of sp³-hybridized carbons (Fsp3) is 0.562. The van der Waals surface area contributed by atoms with Gasteiger partial charge in [0.2, 0.25) is 0 Å². The van der Waals surface area contributed by atoms with E-state index >= 15 is 0 Å². The highest BCUT2D eigenvalue weighted by molar-refractivity contribution is 5.92. The van der Waals surface area contributed by atoms with E-state index in [-0.39, 0.29) is 0 Å². The van der Waals surface area contributed by atoms with Crippen LogP contribution in [-0.2, 0) is 4.74 Å². The van der Waals surface area contributed by atoms with Gasteiger partial charge in [-0.3, -0.25) is 4.99 Å². The second-order valence-electron chi connectivity index (χ2n) is 5.78. The molecule has 1 aromatic rings. The summed E-state index contributed by atoms with van der Waals surface area (Å²) in [6.45, 7) is 0.750. The second kappa shape index (κ2) is 6.35. The quantitative estimate of drug-likeness (QED) is 0.645. The third-order valence-corrected chi connectivity index (χ3v) is 4.36. The van der Waals surface area contributed by atoms with Crippen LogP contribution in [-0.4, -0.2) is 31.8 Å². The Kier molecular flexibility index (Phi) is 4.29. The Balaban J connectivity index is 1.47. The number of hydrogen-bond donors (Lipinski definition) is 2. The number of methoxy groups -OCH3 is 1. The number of nitrogens with two attached hydrogens (primary N) is 1. The van der Waals surface area contributed by atoms with Crippen molar-refractivity contribution < 1.29 is 9.47 Å². The van der Waals surface area contributed by atoms with Crippen molar-refractivity contribution >= 4 is 11.6 Å². The molecule has 2 aliphatic rings. The number of aliphatic imine (C=N–C) groups is 1. The van der Waals surface area contributed by atoms with Gasteiger partial charge in [0, 0.05) is 18.3 Å². The summed E-state index contributed by atoms with van der Waals surface area (Å²) in [4.78, 5) is 4.41. The summed E-state index contributed by atoms with van der Waals surface area (Å²) in [6, 6.07) is 7.65. The van der Waals surface area contributed by atoms with Gasteiger partial charge < -0.3 is 20.5 Å². The molecule has 5 heteroatoms. The van der Waals surface area contributed by atoms with Crippen molar-refractivity contribution in [3.05, 3.63) is 24.3 Å². The SMILES string of the molecule is COc1cccc(NC(N)=NCCC2CC3CCC2O3)c1. The molecule has 0 aromatic heterocycles. The molecule has 2 bridgehead atoms. The van der Waals surface area contributed by atoms with Gasteiger partial charge in [-0.2, -0.15) is 0 Å².